The second kappa shape index (κ2) is 8.10. The summed E-state index contributed by atoms with van der Waals surface area (Å²) >= 11 is 1.39. The first kappa shape index (κ1) is 18.1. The first-order valence-corrected chi connectivity index (χ1v) is 9.39. The van der Waals surface area contributed by atoms with E-state index in [1.54, 1.807) is 10.6 Å². The van der Waals surface area contributed by atoms with Crippen molar-refractivity contribution in [3.8, 4) is 0 Å². The van der Waals surface area contributed by atoms with Crippen molar-refractivity contribution in [1.29, 1.82) is 0 Å². The van der Waals surface area contributed by atoms with Crippen LogP contribution in [0.25, 0.3) is 0 Å². The molecule has 25 heavy (non-hydrogen) atoms. The first-order valence-electron chi connectivity index (χ1n) is 8.40. The summed E-state index contributed by atoms with van der Waals surface area (Å²) in [6, 6.07) is 3.83. The molecule has 0 fully saturated rings. The van der Waals surface area contributed by atoms with Crippen molar-refractivity contribution < 1.29 is 13.9 Å². The number of thioether (sulfide) groups is 1. The molecule has 7 heteroatoms. The van der Waals surface area contributed by atoms with Crippen molar-refractivity contribution in [3.63, 3.8) is 0 Å². The molecule has 134 valence electrons. The molecule has 0 saturated heterocycles. The zero-order chi connectivity index (χ0) is 17.8. The zero-order valence-corrected chi connectivity index (χ0v) is 14.6. The lowest BCUT2D eigenvalue weighted by Gasteiger charge is -2.22. The third-order valence-electron chi connectivity index (χ3n) is 4.35. The molecular weight excluding hydrogens is 346 g/mol. The van der Waals surface area contributed by atoms with Gasteiger partial charge in [-0.1, -0.05) is 6.07 Å². The van der Waals surface area contributed by atoms with Crippen LogP contribution in [-0.4, -0.2) is 21.3 Å². The summed E-state index contributed by atoms with van der Waals surface area (Å²) in [5.74, 6) is -1.31. The first-order chi connectivity index (χ1) is 12.1. The Balaban J connectivity index is 1.87. The second-order valence-corrected chi connectivity index (χ2v) is 7.06. The number of nitrogens with zero attached hydrogens (tertiary/aromatic N) is 2. The lowest BCUT2D eigenvalue weighted by molar-refractivity contribution is 0.277. The van der Waals surface area contributed by atoms with Gasteiger partial charge in [-0.15, -0.1) is 11.8 Å². The van der Waals surface area contributed by atoms with E-state index in [0.717, 1.165) is 43.0 Å². The van der Waals surface area contributed by atoms with Crippen LogP contribution in [0.4, 0.5) is 8.78 Å². The maximum Gasteiger partial charge on any atom is 0.348 e. The molecule has 3 rings (SSSR count). The molecule has 0 saturated carbocycles. The predicted molar refractivity (Wildman–Crippen MR) is 92.8 cm³/mol. The van der Waals surface area contributed by atoms with Crippen LogP contribution in [0.5, 0.6) is 0 Å². The van der Waals surface area contributed by atoms with Gasteiger partial charge in [0.15, 0.2) is 11.6 Å². The van der Waals surface area contributed by atoms with Gasteiger partial charge in [-0.05, 0) is 49.8 Å². The summed E-state index contributed by atoms with van der Waals surface area (Å²) in [6.45, 7) is 0.507. The van der Waals surface area contributed by atoms with Gasteiger partial charge in [0.05, 0.1) is 0 Å². The number of rotatable bonds is 6. The highest BCUT2D eigenvalue weighted by Crippen LogP contribution is 2.30. The predicted octanol–water partition coefficient (Wildman–Crippen LogP) is 3.08. The number of aliphatic hydroxyl groups is 1. The molecule has 0 spiro atoms. The molecule has 4 nitrogen and oxygen atoms in total. The minimum atomic E-state index is -0.868. The van der Waals surface area contributed by atoms with Gasteiger partial charge in [0, 0.05) is 30.2 Å². The number of hydrogen-bond acceptors (Lipinski definition) is 4. The smallest absolute Gasteiger partial charge is 0.348 e. The van der Waals surface area contributed by atoms with Crippen molar-refractivity contribution in [2.24, 2.45) is 0 Å². The molecule has 2 aromatic rings. The molecule has 1 N–H and O–H groups in total. The van der Waals surface area contributed by atoms with Crippen molar-refractivity contribution in [1.82, 2.24) is 9.55 Å². The number of hydrogen-bond donors (Lipinski definition) is 1. The Hall–Kier alpha value is -1.73. The van der Waals surface area contributed by atoms with Gasteiger partial charge in [-0.2, -0.15) is 4.98 Å². The lowest BCUT2D eigenvalue weighted by Crippen LogP contribution is -2.30. The highest BCUT2D eigenvalue weighted by Gasteiger charge is 2.20. The van der Waals surface area contributed by atoms with Gasteiger partial charge in [-0.3, -0.25) is 4.57 Å². The zero-order valence-electron chi connectivity index (χ0n) is 13.8. The summed E-state index contributed by atoms with van der Waals surface area (Å²) in [5.41, 5.74) is 2.44. The molecule has 1 aromatic carbocycles. The van der Waals surface area contributed by atoms with E-state index in [2.05, 4.69) is 4.98 Å². The average Bonchev–Trinajstić information content (AvgIpc) is 2.62. The van der Waals surface area contributed by atoms with Crippen molar-refractivity contribution in [3.05, 3.63) is 57.1 Å². The normalized spacial score (nSPS) is 13.7. The van der Waals surface area contributed by atoms with Gasteiger partial charge in [0.1, 0.15) is 5.03 Å². The summed E-state index contributed by atoms with van der Waals surface area (Å²) in [4.78, 5) is 16.6. The molecule has 0 aliphatic heterocycles. The SMILES string of the molecule is O=c1nc(SCc2ccc(F)c(F)c2)c2c(n1CCCO)CCCC2. The van der Waals surface area contributed by atoms with E-state index in [1.807, 2.05) is 0 Å². The molecule has 1 aliphatic carbocycles. The van der Waals surface area contributed by atoms with E-state index in [-0.39, 0.29) is 12.3 Å². The number of fused-ring (bicyclic) bond motifs is 1. The van der Waals surface area contributed by atoms with Crippen molar-refractivity contribution in [2.75, 3.05) is 6.61 Å². The van der Waals surface area contributed by atoms with Gasteiger partial charge < -0.3 is 5.11 Å². The number of halogens is 2. The highest BCUT2D eigenvalue weighted by molar-refractivity contribution is 7.98. The quantitative estimate of drug-likeness (QED) is 0.631. The second-order valence-electron chi connectivity index (χ2n) is 6.10. The van der Waals surface area contributed by atoms with Crippen LogP contribution in [-0.2, 0) is 25.1 Å². The molecule has 0 atom stereocenters. The number of benzene rings is 1. The molecule has 0 unspecified atom stereocenters. The van der Waals surface area contributed by atoms with Crippen LogP contribution >= 0.6 is 11.8 Å². The fraction of sp³-hybridized carbons (Fsp3) is 0.444. The van der Waals surface area contributed by atoms with Gasteiger partial charge in [0.2, 0.25) is 0 Å². The van der Waals surface area contributed by atoms with E-state index in [9.17, 15) is 13.6 Å². The summed E-state index contributed by atoms with van der Waals surface area (Å²) in [7, 11) is 0. The fourth-order valence-corrected chi connectivity index (χ4v) is 4.13. The maximum absolute atomic E-state index is 13.3. The van der Waals surface area contributed by atoms with Crippen LogP contribution in [0.1, 0.15) is 36.1 Å². The molecule has 1 heterocycles. The Morgan fingerprint density at radius 3 is 2.76 bits per heavy atom. The summed E-state index contributed by atoms with van der Waals surface area (Å²) < 4.78 is 28.0. The van der Waals surface area contributed by atoms with E-state index in [0.29, 0.717) is 29.3 Å². The lowest BCUT2D eigenvalue weighted by atomic mass is 9.97. The van der Waals surface area contributed by atoms with E-state index >= 15 is 0 Å². The minimum Gasteiger partial charge on any atom is -0.396 e. The number of aliphatic hydroxyl groups excluding tert-OH is 1. The van der Waals surface area contributed by atoms with Gasteiger partial charge in [0.25, 0.3) is 0 Å². The molecule has 1 aliphatic rings. The van der Waals surface area contributed by atoms with Crippen LogP contribution in [0.3, 0.4) is 0 Å². The Kier molecular flexibility index (Phi) is 5.86. The van der Waals surface area contributed by atoms with Crippen molar-refractivity contribution in [2.45, 2.75) is 49.4 Å². The topological polar surface area (TPSA) is 55.1 Å². The molecule has 1 aromatic heterocycles. The van der Waals surface area contributed by atoms with Gasteiger partial charge >= 0.3 is 5.69 Å². The van der Waals surface area contributed by atoms with Crippen LogP contribution in [0.2, 0.25) is 0 Å². The van der Waals surface area contributed by atoms with E-state index < -0.39 is 11.6 Å². The molecule has 0 bridgehead atoms. The Labute approximate surface area is 148 Å². The van der Waals surface area contributed by atoms with Crippen LogP contribution in [0, 0.1) is 11.6 Å². The van der Waals surface area contributed by atoms with Crippen molar-refractivity contribution >= 4 is 11.8 Å². The van der Waals surface area contributed by atoms with Gasteiger partial charge in [-0.25, -0.2) is 13.6 Å². The third-order valence-corrected chi connectivity index (χ3v) is 5.44. The largest absolute Gasteiger partial charge is 0.396 e. The van der Waals surface area contributed by atoms with Crippen LogP contribution < -0.4 is 5.69 Å². The Bertz CT molecular complexity index is 823. The highest BCUT2D eigenvalue weighted by atomic mass is 32.2. The molecular formula is C18H20F2N2O2S. The molecule has 0 radical (unpaired) electrons. The van der Waals surface area contributed by atoms with Crippen LogP contribution in [0.15, 0.2) is 28.0 Å². The average molecular weight is 366 g/mol. The molecule has 0 amide bonds. The summed E-state index contributed by atoms with van der Waals surface area (Å²) in [5, 5.41) is 9.72. The Morgan fingerprint density at radius 2 is 2.00 bits per heavy atom. The fourth-order valence-electron chi connectivity index (χ4n) is 3.11. The maximum atomic E-state index is 13.3. The summed E-state index contributed by atoms with van der Waals surface area (Å²) in [6.07, 6.45) is 4.29. The Morgan fingerprint density at radius 1 is 1.20 bits per heavy atom. The standard InChI is InChI=1S/C18H20F2N2O2S/c19-14-7-6-12(10-15(14)20)11-25-17-13-4-1-2-5-16(13)22(8-3-9-23)18(24)21-17/h6-7,10,23H,1-5,8-9,11H2. The van der Waals surface area contributed by atoms with E-state index in [4.69, 9.17) is 5.11 Å². The third kappa shape index (κ3) is 4.10. The number of aromatic nitrogens is 2. The monoisotopic (exact) mass is 366 g/mol. The van der Waals surface area contributed by atoms with E-state index in [1.165, 1.54) is 17.8 Å². The minimum absolute atomic E-state index is 0.0356.